The summed E-state index contributed by atoms with van der Waals surface area (Å²) in [6.45, 7) is 0.352. The van der Waals surface area contributed by atoms with Crippen molar-refractivity contribution < 1.29 is 18.7 Å². The molecule has 0 aliphatic heterocycles. The van der Waals surface area contributed by atoms with E-state index in [4.69, 9.17) is 13.9 Å². The number of aromatic nitrogens is 1. The average molecular weight is 401 g/mol. The van der Waals surface area contributed by atoms with Crippen molar-refractivity contribution in [3.05, 3.63) is 89.5 Å². The first kappa shape index (κ1) is 19.2. The Morgan fingerprint density at radius 1 is 1.07 bits per heavy atom. The quantitative estimate of drug-likeness (QED) is 0.276. The molecule has 1 N–H and O–H groups in total. The number of nitrogens with zero attached hydrogens (tertiary/aromatic N) is 2. The molecular weight excluding hydrogens is 382 g/mol. The molecule has 7 heteroatoms. The highest BCUT2D eigenvalue weighted by Gasteiger charge is 2.06. The van der Waals surface area contributed by atoms with Gasteiger partial charge in [-0.05, 0) is 42.0 Å². The summed E-state index contributed by atoms with van der Waals surface area (Å²) in [7, 11) is 1.36. The number of esters is 1. The number of hydrazone groups is 1. The van der Waals surface area contributed by atoms with Crippen molar-refractivity contribution in [3.8, 4) is 5.75 Å². The minimum absolute atomic E-state index is 0.316. The van der Waals surface area contributed by atoms with Crippen molar-refractivity contribution in [2.75, 3.05) is 12.5 Å². The highest BCUT2D eigenvalue weighted by Crippen LogP contribution is 2.20. The second-order valence-corrected chi connectivity index (χ2v) is 6.37. The Kier molecular flexibility index (Phi) is 5.70. The number of carbonyl (C=O) groups is 1. The molecule has 3 aromatic carbocycles. The Bertz CT molecular complexity index is 1150. The lowest BCUT2D eigenvalue weighted by Gasteiger charge is -2.09. The van der Waals surface area contributed by atoms with E-state index in [-0.39, 0.29) is 5.97 Å². The maximum absolute atomic E-state index is 11.5. The molecule has 7 nitrogen and oxygen atoms in total. The number of hydrogen-bond donors (Lipinski definition) is 1. The monoisotopic (exact) mass is 401 g/mol. The zero-order chi connectivity index (χ0) is 20.8. The van der Waals surface area contributed by atoms with Gasteiger partial charge in [0, 0.05) is 5.56 Å². The molecule has 30 heavy (non-hydrogen) atoms. The summed E-state index contributed by atoms with van der Waals surface area (Å²) in [4.78, 5) is 15.8. The largest absolute Gasteiger partial charge is 0.488 e. The molecule has 0 fully saturated rings. The van der Waals surface area contributed by atoms with Crippen LogP contribution in [0.2, 0.25) is 0 Å². The number of hydrogen-bond acceptors (Lipinski definition) is 7. The number of ether oxygens (including phenoxy) is 2. The molecule has 0 saturated heterocycles. The van der Waals surface area contributed by atoms with Crippen LogP contribution in [0.4, 0.5) is 6.01 Å². The first-order valence-corrected chi connectivity index (χ1v) is 9.26. The van der Waals surface area contributed by atoms with Gasteiger partial charge in [0.2, 0.25) is 0 Å². The first-order chi connectivity index (χ1) is 14.7. The third-order valence-electron chi connectivity index (χ3n) is 4.35. The zero-order valence-electron chi connectivity index (χ0n) is 16.2. The van der Waals surface area contributed by atoms with Gasteiger partial charge in [0.05, 0.1) is 18.9 Å². The molecule has 0 atom stereocenters. The van der Waals surface area contributed by atoms with Crippen molar-refractivity contribution in [2.45, 2.75) is 6.61 Å². The summed E-state index contributed by atoms with van der Waals surface area (Å²) >= 11 is 0. The highest BCUT2D eigenvalue weighted by molar-refractivity contribution is 5.89. The second-order valence-electron chi connectivity index (χ2n) is 6.37. The molecule has 0 aliphatic rings. The normalized spacial score (nSPS) is 11.0. The highest BCUT2D eigenvalue weighted by atomic mass is 16.5. The fraction of sp³-hybridized carbons (Fsp3) is 0.0870. The van der Waals surface area contributed by atoms with Gasteiger partial charge < -0.3 is 13.9 Å². The molecule has 0 spiro atoms. The van der Waals surface area contributed by atoms with Gasteiger partial charge in [0.15, 0.2) is 5.58 Å². The summed E-state index contributed by atoms with van der Waals surface area (Å²) in [6, 6.07) is 22.4. The van der Waals surface area contributed by atoms with E-state index in [1.165, 1.54) is 7.11 Å². The SMILES string of the molecule is COC(=O)c1ccc(COc2ccccc2C=NNc2nc3ccccc3o2)cc1. The lowest BCUT2D eigenvalue weighted by molar-refractivity contribution is 0.0600. The number of methoxy groups -OCH3 is 1. The van der Waals surface area contributed by atoms with Crippen LogP contribution in [0.25, 0.3) is 11.1 Å². The van der Waals surface area contributed by atoms with E-state index in [9.17, 15) is 4.79 Å². The van der Waals surface area contributed by atoms with Crippen LogP contribution >= 0.6 is 0 Å². The van der Waals surface area contributed by atoms with Gasteiger partial charge in [-0.25, -0.2) is 10.2 Å². The molecule has 0 unspecified atom stereocenters. The van der Waals surface area contributed by atoms with E-state index in [2.05, 4.69) is 15.5 Å². The summed E-state index contributed by atoms with van der Waals surface area (Å²) in [5.74, 6) is 0.313. The van der Waals surface area contributed by atoms with Gasteiger partial charge in [0.1, 0.15) is 17.9 Å². The Labute approximate surface area is 173 Å². The van der Waals surface area contributed by atoms with Crippen LogP contribution in [0.3, 0.4) is 0 Å². The molecule has 150 valence electrons. The number of carbonyl (C=O) groups excluding carboxylic acids is 1. The van der Waals surface area contributed by atoms with Crippen molar-refractivity contribution in [1.82, 2.24) is 4.98 Å². The van der Waals surface area contributed by atoms with Gasteiger partial charge in [-0.15, -0.1) is 0 Å². The van der Waals surface area contributed by atoms with Crippen LogP contribution in [-0.4, -0.2) is 24.3 Å². The van der Waals surface area contributed by atoms with E-state index in [1.807, 2.05) is 60.7 Å². The van der Waals surface area contributed by atoms with Gasteiger partial charge in [-0.3, -0.25) is 0 Å². The molecule has 4 rings (SSSR count). The number of benzene rings is 3. The third kappa shape index (κ3) is 4.47. The van der Waals surface area contributed by atoms with Crippen LogP contribution in [0, 0.1) is 0 Å². The summed E-state index contributed by atoms with van der Waals surface area (Å²) < 4.78 is 16.2. The molecule has 0 bridgehead atoms. The number of oxazole rings is 1. The second kappa shape index (κ2) is 8.91. The van der Waals surface area contributed by atoms with Gasteiger partial charge >= 0.3 is 12.0 Å². The van der Waals surface area contributed by atoms with Crippen LogP contribution in [-0.2, 0) is 11.3 Å². The van der Waals surface area contributed by atoms with Gasteiger partial charge in [-0.2, -0.15) is 10.1 Å². The number of fused-ring (bicyclic) bond motifs is 1. The minimum Gasteiger partial charge on any atom is -0.488 e. The number of nitrogens with one attached hydrogen (secondary N) is 1. The number of para-hydroxylation sites is 3. The average Bonchev–Trinajstić information content (AvgIpc) is 3.21. The maximum Gasteiger partial charge on any atom is 0.337 e. The maximum atomic E-state index is 11.5. The topological polar surface area (TPSA) is 86.0 Å². The fourth-order valence-electron chi connectivity index (χ4n) is 2.81. The lowest BCUT2D eigenvalue weighted by Crippen LogP contribution is -2.02. The molecule has 0 amide bonds. The predicted octanol–water partition coefficient (Wildman–Crippen LogP) is 4.64. The van der Waals surface area contributed by atoms with Crippen LogP contribution in [0.5, 0.6) is 5.75 Å². The Balaban J connectivity index is 1.40. The molecular formula is C23H19N3O4. The lowest BCUT2D eigenvalue weighted by atomic mass is 10.1. The predicted molar refractivity (Wildman–Crippen MR) is 114 cm³/mol. The van der Waals surface area contributed by atoms with Gasteiger partial charge in [-0.1, -0.05) is 36.4 Å². The molecule has 4 aromatic rings. The fourth-order valence-corrected chi connectivity index (χ4v) is 2.81. The summed E-state index contributed by atoms with van der Waals surface area (Å²) in [5.41, 5.74) is 6.48. The minimum atomic E-state index is -0.365. The van der Waals surface area contributed by atoms with E-state index < -0.39 is 0 Å². The summed E-state index contributed by atoms with van der Waals surface area (Å²) in [5, 5.41) is 4.20. The van der Waals surface area contributed by atoms with E-state index >= 15 is 0 Å². The molecule has 0 radical (unpaired) electrons. The Hall–Kier alpha value is -4.13. The van der Waals surface area contributed by atoms with Gasteiger partial charge in [0.25, 0.3) is 0 Å². The van der Waals surface area contributed by atoms with Crippen LogP contribution < -0.4 is 10.2 Å². The Morgan fingerprint density at radius 2 is 1.83 bits per heavy atom. The van der Waals surface area contributed by atoms with E-state index in [1.54, 1.807) is 18.3 Å². The smallest absolute Gasteiger partial charge is 0.337 e. The first-order valence-electron chi connectivity index (χ1n) is 9.26. The molecule has 1 heterocycles. The number of anilines is 1. The van der Waals surface area contributed by atoms with Crippen LogP contribution in [0.1, 0.15) is 21.5 Å². The van der Waals surface area contributed by atoms with Crippen LogP contribution in [0.15, 0.2) is 82.3 Å². The molecule has 1 aromatic heterocycles. The van der Waals surface area contributed by atoms with E-state index in [0.717, 1.165) is 16.6 Å². The zero-order valence-corrected chi connectivity index (χ0v) is 16.2. The Morgan fingerprint density at radius 3 is 2.63 bits per heavy atom. The summed E-state index contributed by atoms with van der Waals surface area (Å²) in [6.07, 6.45) is 1.64. The van der Waals surface area contributed by atoms with Crippen molar-refractivity contribution in [1.29, 1.82) is 0 Å². The molecule has 0 aliphatic carbocycles. The molecule has 0 saturated carbocycles. The van der Waals surface area contributed by atoms with Crippen molar-refractivity contribution >= 4 is 29.3 Å². The van der Waals surface area contributed by atoms with Crippen molar-refractivity contribution in [2.24, 2.45) is 5.10 Å². The van der Waals surface area contributed by atoms with E-state index in [0.29, 0.717) is 29.5 Å². The third-order valence-corrected chi connectivity index (χ3v) is 4.35. The standard InChI is InChI=1S/C23H19N3O4/c1-28-22(27)17-12-10-16(11-13-17)15-29-20-8-4-2-6-18(20)14-24-26-23-25-19-7-3-5-9-21(19)30-23/h2-14H,15H2,1H3,(H,25,26). The van der Waals surface area contributed by atoms with Crippen molar-refractivity contribution in [3.63, 3.8) is 0 Å². The number of rotatable bonds is 7.